The maximum absolute atomic E-state index is 11.7. The van der Waals surface area contributed by atoms with Gasteiger partial charge in [0.25, 0.3) is 5.91 Å². The molecule has 1 aromatic carbocycles. The highest BCUT2D eigenvalue weighted by molar-refractivity contribution is 5.78. The molecule has 0 atom stereocenters. The molecule has 0 aliphatic carbocycles. The van der Waals surface area contributed by atoms with Crippen LogP contribution in [-0.4, -0.2) is 18.1 Å². The van der Waals surface area contributed by atoms with E-state index in [0.29, 0.717) is 11.3 Å². The lowest BCUT2D eigenvalue weighted by molar-refractivity contribution is -0.124. The molecular weight excluding hydrogens is 228 g/mol. The summed E-state index contributed by atoms with van der Waals surface area (Å²) in [6.45, 7) is 5.83. The summed E-state index contributed by atoms with van der Waals surface area (Å²) in [4.78, 5) is 11.7. The van der Waals surface area contributed by atoms with Crippen LogP contribution in [0.25, 0.3) is 0 Å². The van der Waals surface area contributed by atoms with Gasteiger partial charge in [0.1, 0.15) is 11.8 Å². The molecule has 0 aliphatic heterocycles. The predicted octanol–water partition coefficient (Wildman–Crippen LogP) is 2.24. The number of rotatable bonds is 5. The van der Waals surface area contributed by atoms with Crippen LogP contribution in [0, 0.1) is 11.3 Å². The van der Waals surface area contributed by atoms with E-state index < -0.39 is 0 Å². The van der Waals surface area contributed by atoms with Crippen molar-refractivity contribution in [2.75, 3.05) is 6.61 Å². The summed E-state index contributed by atoms with van der Waals surface area (Å²) in [5.74, 6) is 0.249. The van der Waals surface area contributed by atoms with Gasteiger partial charge in [-0.05, 0) is 32.4 Å². The third-order valence-electron chi connectivity index (χ3n) is 2.73. The van der Waals surface area contributed by atoms with Crippen molar-refractivity contribution in [3.8, 4) is 11.8 Å². The summed E-state index contributed by atoms with van der Waals surface area (Å²) in [6.07, 6.45) is 0.841. The average Bonchev–Trinajstić information content (AvgIpc) is 2.36. The fourth-order valence-electron chi connectivity index (χ4n) is 1.33. The van der Waals surface area contributed by atoms with Crippen molar-refractivity contribution < 1.29 is 9.53 Å². The lowest BCUT2D eigenvalue weighted by Gasteiger charge is -2.24. The Kier molecular flexibility index (Phi) is 4.73. The van der Waals surface area contributed by atoms with Gasteiger partial charge in [0.05, 0.1) is 5.56 Å². The minimum Gasteiger partial charge on any atom is -0.482 e. The molecule has 1 amide bonds. The van der Waals surface area contributed by atoms with E-state index in [1.807, 2.05) is 26.8 Å². The zero-order valence-corrected chi connectivity index (χ0v) is 11.0. The van der Waals surface area contributed by atoms with Crippen molar-refractivity contribution in [3.05, 3.63) is 29.8 Å². The maximum Gasteiger partial charge on any atom is 0.258 e. The van der Waals surface area contributed by atoms with Crippen LogP contribution >= 0.6 is 0 Å². The summed E-state index contributed by atoms with van der Waals surface area (Å²) in [7, 11) is 0. The zero-order chi connectivity index (χ0) is 13.6. The Labute approximate surface area is 108 Å². The maximum atomic E-state index is 11.7. The van der Waals surface area contributed by atoms with Crippen LogP contribution in [0.2, 0.25) is 0 Å². The Balaban J connectivity index is 2.56. The van der Waals surface area contributed by atoms with E-state index in [2.05, 4.69) is 5.32 Å². The third-order valence-corrected chi connectivity index (χ3v) is 2.73. The number of benzene rings is 1. The molecule has 0 spiro atoms. The minimum atomic E-state index is -0.241. The highest BCUT2D eigenvalue weighted by atomic mass is 16.5. The molecule has 0 aliphatic rings. The summed E-state index contributed by atoms with van der Waals surface area (Å²) in [5.41, 5.74) is 0.190. The summed E-state index contributed by atoms with van der Waals surface area (Å²) >= 11 is 0. The summed E-state index contributed by atoms with van der Waals surface area (Å²) < 4.78 is 5.35. The third kappa shape index (κ3) is 4.10. The lowest BCUT2D eigenvalue weighted by Crippen LogP contribution is -2.44. The number of nitrogens with zero attached hydrogens (tertiary/aromatic N) is 1. The highest BCUT2D eigenvalue weighted by Gasteiger charge is 2.18. The van der Waals surface area contributed by atoms with E-state index >= 15 is 0 Å². The van der Waals surface area contributed by atoms with Crippen LogP contribution in [-0.2, 0) is 4.79 Å². The molecule has 0 fully saturated rings. The number of amides is 1. The van der Waals surface area contributed by atoms with Crippen LogP contribution in [0.1, 0.15) is 32.8 Å². The SMILES string of the molecule is CCC(C)(C)NC(=O)COc1ccccc1C#N. The van der Waals surface area contributed by atoms with Crippen LogP contribution in [0.3, 0.4) is 0 Å². The van der Waals surface area contributed by atoms with E-state index in [1.54, 1.807) is 24.3 Å². The molecule has 0 saturated carbocycles. The number of nitrogens with one attached hydrogen (secondary N) is 1. The Morgan fingerprint density at radius 2 is 2.11 bits per heavy atom. The number of carbonyl (C=O) groups is 1. The fraction of sp³-hybridized carbons (Fsp3) is 0.429. The van der Waals surface area contributed by atoms with E-state index in [9.17, 15) is 4.79 Å². The number of nitriles is 1. The van der Waals surface area contributed by atoms with E-state index in [4.69, 9.17) is 10.00 Å². The number of ether oxygens (including phenoxy) is 1. The lowest BCUT2D eigenvalue weighted by atomic mass is 10.0. The molecule has 0 unspecified atom stereocenters. The molecule has 0 saturated heterocycles. The second-order valence-electron chi connectivity index (χ2n) is 4.68. The first-order chi connectivity index (χ1) is 8.48. The van der Waals surface area contributed by atoms with Gasteiger partial charge in [0.2, 0.25) is 0 Å². The van der Waals surface area contributed by atoms with E-state index in [0.717, 1.165) is 6.42 Å². The normalized spacial score (nSPS) is 10.6. The van der Waals surface area contributed by atoms with Gasteiger partial charge in [-0.3, -0.25) is 4.79 Å². The first-order valence-corrected chi connectivity index (χ1v) is 5.91. The monoisotopic (exact) mass is 246 g/mol. The molecule has 0 aromatic heterocycles. The van der Waals surface area contributed by atoms with Crippen LogP contribution < -0.4 is 10.1 Å². The van der Waals surface area contributed by atoms with Crippen molar-refractivity contribution >= 4 is 5.91 Å². The quantitative estimate of drug-likeness (QED) is 0.866. The predicted molar refractivity (Wildman–Crippen MR) is 69.2 cm³/mol. The fourth-order valence-corrected chi connectivity index (χ4v) is 1.33. The Morgan fingerprint density at radius 1 is 1.44 bits per heavy atom. The van der Waals surface area contributed by atoms with Gasteiger partial charge in [-0.1, -0.05) is 19.1 Å². The van der Waals surface area contributed by atoms with Crippen LogP contribution in [0.5, 0.6) is 5.75 Å². The first kappa shape index (κ1) is 14.0. The largest absolute Gasteiger partial charge is 0.482 e. The van der Waals surface area contributed by atoms with Gasteiger partial charge in [0, 0.05) is 5.54 Å². The zero-order valence-electron chi connectivity index (χ0n) is 11.0. The van der Waals surface area contributed by atoms with E-state index in [-0.39, 0.29) is 18.1 Å². The Bertz CT molecular complexity index is 461. The van der Waals surface area contributed by atoms with Crippen LogP contribution in [0.15, 0.2) is 24.3 Å². The summed E-state index contributed by atoms with van der Waals surface area (Å²) in [6, 6.07) is 8.88. The van der Waals surface area contributed by atoms with Gasteiger partial charge in [-0.25, -0.2) is 0 Å². The molecule has 0 radical (unpaired) electrons. The first-order valence-electron chi connectivity index (χ1n) is 5.91. The van der Waals surface area contributed by atoms with Crippen molar-refractivity contribution in [2.45, 2.75) is 32.7 Å². The van der Waals surface area contributed by atoms with Gasteiger partial charge < -0.3 is 10.1 Å². The molecule has 96 valence electrons. The highest BCUT2D eigenvalue weighted by Crippen LogP contribution is 2.16. The molecule has 4 nitrogen and oxygen atoms in total. The smallest absolute Gasteiger partial charge is 0.258 e. The minimum absolute atomic E-state index is 0.0812. The number of para-hydroxylation sites is 1. The van der Waals surface area contributed by atoms with E-state index in [1.165, 1.54) is 0 Å². The molecule has 0 bridgehead atoms. The van der Waals surface area contributed by atoms with Gasteiger partial charge in [-0.2, -0.15) is 5.26 Å². The Morgan fingerprint density at radius 3 is 2.72 bits per heavy atom. The molecular formula is C14H18N2O2. The summed E-state index contributed by atoms with van der Waals surface area (Å²) in [5, 5.41) is 11.7. The molecule has 18 heavy (non-hydrogen) atoms. The van der Waals surface area contributed by atoms with Gasteiger partial charge in [-0.15, -0.1) is 0 Å². The number of hydrogen-bond donors (Lipinski definition) is 1. The molecule has 1 aromatic rings. The Hall–Kier alpha value is -2.02. The van der Waals surface area contributed by atoms with Crippen LogP contribution in [0.4, 0.5) is 0 Å². The van der Waals surface area contributed by atoms with Crippen molar-refractivity contribution in [2.24, 2.45) is 0 Å². The topological polar surface area (TPSA) is 62.1 Å². The van der Waals surface area contributed by atoms with Crippen molar-refractivity contribution in [1.29, 1.82) is 5.26 Å². The number of hydrogen-bond acceptors (Lipinski definition) is 3. The second kappa shape index (κ2) is 6.06. The average molecular weight is 246 g/mol. The number of carbonyl (C=O) groups excluding carboxylic acids is 1. The molecule has 0 heterocycles. The van der Waals surface area contributed by atoms with Crippen molar-refractivity contribution in [3.63, 3.8) is 0 Å². The van der Waals surface area contributed by atoms with Gasteiger partial charge >= 0.3 is 0 Å². The van der Waals surface area contributed by atoms with Crippen molar-refractivity contribution in [1.82, 2.24) is 5.32 Å². The molecule has 1 N–H and O–H groups in total. The standard InChI is InChI=1S/C14H18N2O2/c1-4-14(2,3)16-13(17)10-18-12-8-6-5-7-11(12)9-15/h5-8H,4,10H2,1-3H3,(H,16,17). The molecule has 1 rings (SSSR count). The molecule has 4 heteroatoms. The van der Waals surface area contributed by atoms with Gasteiger partial charge in [0.15, 0.2) is 6.61 Å². The second-order valence-corrected chi connectivity index (χ2v) is 4.68.